The Kier molecular flexibility index (Phi) is 5.46. The van der Waals surface area contributed by atoms with Crippen LogP contribution in [0.25, 0.3) is 0 Å². The third-order valence-electron chi connectivity index (χ3n) is 1.80. The quantitative estimate of drug-likeness (QED) is 0.771. The highest BCUT2D eigenvalue weighted by Crippen LogP contribution is 2.14. The maximum Gasteiger partial charge on any atom is 0.118 e. The summed E-state index contributed by atoms with van der Waals surface area (Å²) in [5, 5.41) is 0. The van der Waals surface area contributed by atoms with Gasteiger partial charge in [-0.25, -0.2) is 0 Å². The Balaban J connectivity index is 0.00000144. The molecule has 74 valence electrons. The van der Waals surface area contributed by atoms with Crippen molar-refractivity contribution < 1.29 is 4.74 Å². The SMILES string of the molecule is COc1ccc(C(N)CN)cc1.Cl. The first-order valence-electron chi connectivity index (χ1n) is 3.87. The molecule has 4 N–H and O–H groups in total. The van der Waals surface area contributed by atoms with Gasteiger partial charge in [-0.3, -0.25) is 0 Å². The first kappa shape index (κ1) is 12.2. The van der Waals surface area contributed by atoms with Gasteiger partial charge in [0, 0.05) is 12.6 Å². The predicted octanol–water partition coefficient (Wildman–Crippen LogP) is 1.08. The van der Waals surface area contributed by atoms with Gasteiger partial charge in [0.05, 0.1) is 7.11 Å². The molecule has 0 spiro atoms. The van der Waals surface area contributed by atoms with Gasteiger partial charge in [-0.1, -0.05) is 12.1 Å². The second kappa shape index (κ2) is 5.80. The lowest BCUT2D eigenvalue weighted by molar-refractivity contribution is 0.414. The minimum absolute atomic E-state index is 0. The van der Waals surface area contributed by atoms with Crippen molar-refractivity contribution in [2.45, 2.75) is 6.04 Å². The number of benzene rings is 1. The van der Waals surface area contributed by atoms with Crippen LogP contribution in [0, 0.1) is 0 Å². The lowest BCUT2D eigenvalue weighted by atomic mass is 10.1. The summed E-state index contributed by atoms with van der Waals surface area (Å²) in [6.45, 7) is 0.465. The molecule has 0 fully saturated rings. The molecular formula is C9H15ClN2O. The average molecular weight is 203 g/mol. The van der Waals surface area contributed by atoms with E-state index in [0.29, 0.717) is 6.54 Å². The van der Waals surface area contributed by atoms with Gasteiger partial charge in [0.2, 0.25) is 0 Å². The molecule has 1 rings (SSSR count). The van der Waals surface area contributed by atoms with Crippen molar-refractivity contribution in [3.05, 3.63) is 29.8 Å². The summed E-state index contributed by atoms with van der Waals surface area (Å²) >= 11 is 0. The van der Waals surface area contributed by atoms with Crippen molar-refractivity contribution in [2.24, 2.45) is 11.5 Å². The van der Waals surface area contributed by atoms with Crippen LogP contribution in [0.15, 0.2) is 24.3 Å². The molecule has 1 unspecified atom stereocenters. The minimum atomic E-state index is -0.0732. The summed E-state index contributed by atoms with van der Waals surface area (Å²) in [5.41, 5.74) is 12.2. The number of hydrogen-bond acceptors (Lipinski definition) is 3. The van der Waals surface area contributed by atoms with Crippen molar-refractivity contribution in [1.82, 2.24) is 0 Å². The van der Waals surface area contributed by atoms with Gasteiger partial charge >= 0.3 is 0 Å². The van der Waals surface area contributed by atoms with Crippen molar-refractivity contribution in [2.75, 3.05) is 13.7 Å². The largest absolute Gasteiger partial charge is 0.497 e. The first-order chi connectivity index (χ1) is 5.77. The van der Waals surface area contributed by atoms with E-state index in [1.54, 1.807) is 7.11 Å². The van der Waals surface area contributed by atoms with Gasteiger partial charge in [-0.2, -0.15) is 0 Å². The van der Waals surface area contributed by atoms with Crippen LogP contribution in [0.1, 0.15) is 11.6 Å². The minimum Gasteiger partial charge on any atom is -0.497 e. The molecule has 13 heavy (non-hydrogen) atoms. The first-order valence-corrected chi connectivity index (χ1v) is 3.87. The molecule has 0 bridgehead atoms. The summed E-state index contributed by atoms with van der Waals surface area (Å²) in [6, 6.07) is 7.54. The zero-order valence-electron chi connectivity index (χ0n) is 7.57. The van der Waals surface area contributed by atoms with E-state index in [0.717, 1.165) is 11.3 Å². The molecule has 1 atom stereocenters. The lowest BCUT2D eigenvalue weighted by Gasteiger charge is -2.08. The Morgan fingerprint density at radius 2 is 1.85 bits per heavy atom. The molecule has 0 radical (unpaired) electrons. The summed E-state index contributed by atoms with van der Waals surface area (Å²) in [4.78, 5) is 0. The molecule has 4 heteroatoms. The smallest absolute Gasteiger partial charge is 0.118 e. The van der Waals surface area contributed by atoms with Gasteiger partial charge in [0.1, 0.15) is 5.75 Å². The Morgan fingerprint density at radius 1 is 1.31 bits per heavy atom. The van der Waals surface area contributed by atoms with Crippen LogP contribution in [0.2, 0.25) is 0 Å². The molecule has 0 aliphatic carbocycles. The Morgan fingerprint density at radius 3 is 2.23 bits per heavy atom. The van der Waals surface area contributed by atoms with Crippen LogP contribution >= 0.6 is 12.4 Å². The Labute approximate surface area is 84.5 Å². The zero-order chi connectivity index (χ0) is 8.97. The fourth-order valence-corrected chi connectivity index (χ4v) is 0.987. The number of hydrogen-bond donors (Lipinski definition) is 2. The van der Waals surface area contributed by atoms with Crippen LogP contribution in [-0.4, -0.2) is 13.7 Å². The van der Waals surface area contributed by atoms with Gasteiger partial charge in [-0.15, -0.1) is 12.4 Å². The molecular weight excluding hydrogens is 188 g/mol. The topological polar surface area (TPSA) is 61.3 Å². The standard InChI is InChI=1S/C9H14N2O.ClH/c1-12-8-4-2-7(3-5-8)9(11)6-10;/h2-5,9H,6,10-11H2,1H3;1H. The van der Waals surface area contributed by atoms with E-state index in [-0.39, 0.29) is 18.4 Å². The van der Waals surface area contributed by atoms with Gasteiger partial charge in [-0.05, 0) is 17.7 Å². The normalized spacial score (nSPS) is 11.6. The number of nitrogens with two attached hydrogens (primary N) is 2. The third kappa shape index (κ3) is 3.22. The number of methoxy groups -OCH3 is 1. The van der Waals surface area contributed by atoms with Crippen molar-refractivity contribution in [3.63, 3.8) is 0 Å². The summed E-state index contributed by atoms with van der Waals surface area (Å²) in [5.74, 6) is 0.836. The van der Waals surface area contributed by atoms with Gasteiger partial charge < -0.3 is 16.2 Å². The van der Waals surface area contributed by atoms with Crippen molar-refractivity contribution in [1.29, 1.82) is 0 Å². The van der Waals surface area contributed by atoms with Gasteiger partial charge in [0.25, 0.3) is 0 Å². The van der Waals surface area contributed by atoms with Crippen molar-refractivity contribution >= 4 is 12.4 Å². The van der Waals surface area contributed by atoms with Crippen LogP contribution in [0.5, 0.6) is 5.75 Å². The highest BCUT2D eigenvalue weighted by atomic mass is 35.5. The fraction of sp³-hybridized carbons (Fsp3) is 0.333. The summed E-state index contributed by atoms with van der Waals surface area (Å²) < 4.78 is 5.01. The molecule has 0 aromatic heterocycles. The highest BCUT2D eigenvalue weighted by Gasteiger charge is 2.01. The highest BCUT2D eigenvalue weighted by molar-refractivity contribution is 5.85. The molecule has 1 aromatic carbocycles. The number of rotatable bonds is 3. The van der Waals surface area contributed by atoms with Crippen LogP contribution in [-0.2, 0) is 0 Å². The Hall–Kier alpha value is -0.770. The second-order valence-corrected chi connectivity index (χ2v) is 2.62. The molecule has 3 nitrogen and oxygen atoms in total. The molecule has 0 heterocycles. The Bertz CT molecular complexity index is 238. The average Bonchev–Trinajstić information content (AvgIpc) is 2.17. The van der Waals surface area contributed by atoms with Crippen LogP contribution < -0.4 is 16.2 Å². The lowest BCUT2D eigenvalue weighted by Crippen LogP contribution is -2.20. The van der Waals surface area contributed by atoms with Crippen molar-refractivity contribution in [3.8, 4) is 5.75 Å². The van der Waals surface area contributed by atoms with E-state index in [1.165, 1.54) is 0 Å². The molecule has 1 aromatic rings. The van der Waals surface area contributed by atoms with Crippen LogP contribution in [0.3, 0.4) is 0 Å². The van der Waals surface area contributed by atoms with E-state index in [2.05, 4.69) is 0 Å². The molecule has 0 saturated carbocycles. The monoisotopic (exact) mass is 202 g/mol. The third-order valence-corrected chi connectivity index (χ3v) is 1.80. The second-order valence-electron chi connectivity index (χ2n) is 2.62. The molecule has 0 aliphatic heterocycles. The number of halogens is 1. The molecule has 0 aliphatic rings. The van der Waals surface area contributed by atoms with E-state index in [4.69, 9.17) is 16.2 Å². The van der Waals surface area contributed by atoms with E-state index >= 15 is 0 Å². The number of ether oxygens (including phenoxy) is 1. The van der Waals surface area contributed by atoms with Gasteiger partial charge in [0.15, 0.2) is 0 Å². The fourth-order valence-electron chi connectivity index (χ4n) is 0.987. The van der Waals surface area contributed by atoms with E-state index in [1.807, 2.05) is 24.3 Å². The predicted molar refractivity (Wildman–Crippen MR) is 56.2 cm³/mol. The summed E-state index contributed by atoms with van der Waals surface area (Å²) in [7, 11) is 1.64. The molecule has 0 amide bonds. The van der Waals surface area contributed by atoms with E-state index in [9.17, 15) is 0 Å². The van der Waals surface area contributed by atoms with E-state index < -0.39 is 0 Å². The zero-order valence-corrected chi connectivity index (χ0v) is 8.38. The maximum atomic E-state index is 5.72. The van der Waals surface area contributed by atoms with Crippen LogP contribution in [0.4, 0.5) is 0 Å². The molecule has 0 saturated heterocycles. The maximum absolute atomic E-state index is 5.72. The summed E-state index contributed by atoms with van der Waals surface area (Å²) in [6.07, 6.45) is 0.